The maximum absolute atomic E-state index is 13.1. The van der Waals surface area contributed by atoms with Crippen LogP contribution >= 0.6 is 0 Å². The molecule has 10 heteroatoms. The summed E-state index contributed by atoms with van der Waals surface area (Å²) in [4.78, 5) is 31.9. The minimum Gasteiger partial charge on any atom is -0.458 e. The quantitative estimate of drug-likeness (QED) is 0.338. The SMILES string of the molecule is CN(C)[C@H]1CCCC[C@@H]1Oc1nc2c(c(N3CCN(C(=O)OC(C)(C)C)C(CC#N)C3)n1)CCN(c1cccc3ccccc13)C2. The third kappa shape index (κ3) is 6.85. The van der Waals surface area contributed by atoms with Gasteiger partial charge in [-0.3, -0.25) is 0 Å². The largest absolute Gasteiger partial charge is 0.458 e. The van der Waals surface area contributed by atoms with E-state index in [4.69, 9.17) is 19.4 Å². The van der Waals surface area contributed by atoms with E-state index in [2.05, 4.69) is 77.3 Å². The molecule has 0 bridgehead atoms. The number of nitriles is 1. The molecule has 244 valence electrons. The molecule has 1 unspecified atom stereocenters. The number of carbonyl (C=O) groups is 1. The van der Waals surface area contributed by atoms with E-state index in [1.807, 2.05) is 20.8 Å². The van der Waals surface area contributed by atoms with Crippen molar-refractivity contribution in [3.63, 3.8) is 0 Å². The summed E-state index contributed by atoms with van der Waals surface area (Å²) in [5.74, 6) is 0.863. The Morgan fingerprint density at radius 1 is 1.02 bits per heavy atom. The minimum absolute atomic E-state index is 0.0164. The van der Waals surface area contributed by atoms with Crippen LogP contribution in [0.25, 0.3) is 10.8 Å². The van der Waals surface area contributed by atoms with E-state index in [9.17, 15) is 10.1 Å². The smallest absolute Gasteiger partial charge is 0.410 e. The summed E-state index contributed by atoms with van der Waals surface area (Å²) >= 11 is 0. The highest BCUT2D eigenvalue weighted by Crippen LogP contribution is 2.36. The van der Waals surface area contributed by atoms with Crippen LogP contribution in [0.2, 0.25) is 0 Å². The van der Waals surface area contributed by atoms with Crippen LogP contribution < -0.4 is 14.5 Å². The van der Waals surface area contributed by atoms with Gasteiger partial charge in [0.1, 0.15) is 17.5 Å². The zero-order chi connectivity index (χ0) is 32.4. The summed E-state index contributed by atoms with van der Waals surface area (Å²) < 4.78 is 12.4. The number of amides is 1. The summed E-state index contributed by atoms with van der Waals surface area (Å²) in [7, 11) is 4.24. The van der Waals surface area contributed by atoms with Gasteiger partial charge in [-0.25, -0.2) is 4.79 Å². The molecule has 0 N–H and O–H groups in total. The molecule has 0 radical (unpaired) electrons. The first-order valence-electron chi connectivity index (χ1n) is 16.7. The lowest BCUT2D eigenvalue weighted by molar-refractivity contribution is 0.0144. The third-order valence-electron chi connectivity index (χ3n) is 9.46. The van der Waals surface area contributed by atoms with Crippen molar-refractivity contribution in [3.8, 4) is 12.1 Å². The Balaban J connectivity index is 1.34. The van der Waals surface area contributed by atoms with Gasteiger partial charge < -0.3 is 29.1 Å². The van der Waals surface area contributed by atoms with Gasteiger partial charge in [0.2, 0.25) is 0 Å². The van der Waals surface area contributed by atoms with E-state index in [1.54, 1.807) is 4.90 Å². The molecule has 0 spiro atoms. The van der Waals surface area contributed by atoms with Gasteiger partial charge in [-0.15, -0.1) is 0 Å². The third-order valence-corrected chi connectivity index (χ3v) is 9.46. The van der Waals surface area contributed by atoms with Crippen LogP contribution in [0.15, 0.2) is 42.5 Å². The minimum atomic E-state index is -0.608. The van der Waals surface area contributed by atoms with Crippen LogP contribution in [0.1, 0.15) is 64.1 Å². The van der Waals surface area contributed by atoms with Crippen LogP contribution in [0, 0.1) is 11.3 Å². The van der Waals surface area contributed by atoms with Crippen molar-refractivity contribution in [2.75, 3.05) is 50.1 Å². The Labute approximate surface area is 272 Å². The normalized spacial score (nSPS) is 22.0. The summed E-state index contributed by atoms with van der Waals surface area (Å²) in [6, 6.07) is 17.7. The van der Waals surface area contributed by atoms with Crippen LogP contribution in [0.5, 0.6) is 6.01 Å². The van der Waals surface area contributed by atoms with Crippen molar-refractivity contribution >= 4 is 28.4 Å². The maximum Gasteiger partial charge on any atom is 0.410 e. The Morgan fingerprint density at radius 3 is 2.59 bits per heavy atom. The molecular weight excluding hydrogens is 578 g/mol. The van der Waals surface area contributed by atoms with Gasteiger partial charge in [-0.2, -0.15) is 15.2 Å². The van der Waals surface area contributed by atoms with E-state index in [0.29, 0.717) is 38.2 Å². The highest BCUT2D eigenvalue weighted by Gasteiger charge is 2.37. The summed E-state index contributed by atoms with van der Waals surface area (Å²) in [6.07, 6.45) is 5.03. The van der Waals surface area contributed by atoms with E-state index in [1.165, 1.54) is 22.9 Å². The first kappa shape index (κ1) is 31.9. The van der Waals surface area contributed by atoms with Crippen molar-refractivity contribution < 1.29 is 14.3 Å². The second-order valence-corrected chi connectivity index (χ2v) is 14.0. The highest BCUT2D eigenvalue weighted by molar-refractivity contribution is 5.94. The number of carbonyl (C=O) groups excluding carboxylic acids is 1. The van der Waals surface area contributed by atoms with E-state index >= 15 is 0 Å². The number of fused-ring (bicyclic) bond motifs is 2. The molecule has 46 heavy (non-hydrogen) atoms. The molecule has 1 saturated carbocycles. The number of hydrogen-bond donors (Lipinski definition) is 0. The number of benzene rings is 2. The number of anilines is 2. The maximum atomic E-state index is 13.1. The Bertz CT molecular complexity index is 1590. The molecule has 3 aromatic rings. The first-order valence-corrected chi connectivity index (χ1v) is 16.7. The Hall–Kier alpha value is -4.10. The highest BCUT2D eigenvalue weighted by atomic mass is 16.6. The van der Waals surface area contributed by atoms with Crippen LogP contribution in [-0.4, -0.2) is 89.9 Å². The molecule has 1 saturated heterocycles. The molecule has 6 rings (SSSR count). The molecular formula is C36H47N7O3. The van der Waals surface area contributed by atoms with Gasteiger partial charge in [0.05, 0.1) is 30.8 Å². The van der Waals surface area contributed by atoms with Gasteiger partial charge in [-0.1, -0.05) is 42.8 Å². The topological polar surface area (TPSA) is 98.1 Å². The fourth-order valence-corrected chi connectivity index (χ4v) is 7.22. The van der Waals surface area contributed by atoms with Crippen molar-refractivity contribution in [1.29, 1.82) is 5.26 Å². The van der Waals surface area contributed by atoms with Gasteiger partial charge in [-0.05, 0) is 72.0 Å². The molecule has 3 atom stereocenters. The number of piperazine rings is 1. The average molecular weight is 626 g/mol. The zero-order valence-electron chi connectivity index (χ0n) is 27.9. The summed E-state index contributed by atoms with van der Waals surface area (Å²) in [5, 5.41) is 12.2. The van der Waals surface area contributed by atoms with Gasteiger partial charge in [0.25, 0.3) is 0 Å². The Kier molecular flexibility index (Phi) is 9.23. The Morgan fingerprint density at radius 2 is 1.80 bits per heavy atom. The molecule has 1 amide bonds. The lowest BCUT2D eigenvalue weighted by Gasteiger charge is -2.42. The zero-order valence-corrected chi connectivity index (χ0v) is 27.9. The summed E-state index contributed by atoms with van der Waals surface area (Å²) in [5.41, 5.74) is 2.69. The fraction of sp³-hybridized carbons (Fsp3) is 0.556. The average Bonchev–Trinajstić information content (AvgIpc) is 3.03. The number of rotatable bonds is 6. The molecule has 3 heterocycles. The fourth-order valence-electron chi connectivity index (χ4n) is 7.22. The van der Waals surface area contributed by atoms with Crippen LogP contribution in [-0.2, 0) is 17.7 Å². The van der Waals surface area contributed by atoms with Crippen molar-refractivity contribution in [3.05, 3.63) is 53.7 Å². The van der Waals surface area contributed by atoms with E-state index in [0.717, 1.165) is 49.3 Å². The van der Waals surface area contributed by atoms with Crippen LogP contribution in [0.4, 0.5) is 16.3 Å². The predicted molar refractivity (Wildman–Crippen MR) is 180 cm³/mol. The molecule has 2 aliphatic heterocycles. The second kappa shape index (κ2) is 13.3. The monoisotopic (exact) mass is 625 g/mol. The van der Waals surface area contributed by atoms with Gasteiger partial charge in [0, 0.05) is 48.9 Å². The summed E-state index contributed by atoms with van der Waals surface area (Å²) in [6.45, 7) is 8.60. The molecule has 2 fully saturated rings. The van der Waals surface area contributed by atoms with Crippen LogP contribution in [0.3, 0.4) is 0 Å². The number of nitrogens with zero attached hydrogens (tertiary/aromatic N) is 7. The number of aromatic nitrogens is 2. The van der Waals surface area contributed by atoms with E-state index < -0.39 is 5.60 Å². The van der Waals surface area contributed by atoms with Crippen molar-refractivity contribution in [1.82, 2.24) is 19.8 Å². The van der Waals surface area contributed by atoms with Crippen molar-refractivity contribution in [2.24, 2.45) is 0 Å². The predicted octanol–water partition coefficient (Wildman–Crippen LogP) is 5.78. The molecule has 10 nitrogen and oxygen atoms in total. The second-order valence-electron chi connectivity index (χ2n) is 14.0. The van der Waals surface area contributed by atoms with E-state index in [-0.39, 0.29) is 24.7 Å². The molecule has 1 aromatic heterocycles. The lowest BCUT2D eigenvalue weighted by Crippen LogP contribution is -2.56. The molecule has 1 aliphatic carbocycles. The number of ether oxygens (including phenoxy) is 2. The number of hydrogen-bond acceptors (Lipinski definition) is 9. The number of likely N-dealkylation sites (N-methyl/N-ethyl adjacent to an activating group) is 1. The lowest BCUT2D eigenvalue weighted by atomic mass is 9.92. The van der Waals surface area contributed by atoms with Gasteiger partial charge in [0.15, 0.2) is 0 Å². The standard InChI is InChI=1S/C36H47N7O3/c1-36(2,3)46-35(44)43-22-21-42(23-26(43)17-19-37)33-28-18-20-41(30-15-10-12-25-11-6-7-13-27(25)30)24-29(28)38-34(39-33)45-32-16-9-8-14-31(32)40(4)5/h6-7,10-13,15,26,31-32H,8-9,14,16-18,20-24H2,1-5H3/t26?,31-,32-/m0/s1. The molecule has 2 aromatic carbocycles. The van der Waals surface area contributed by atoms with Gasteiger partial charge >= 0.3 is 12.1 Å². The van der Waals surface area contributed by atoms with Crippen molar-refractivity contribution in [2.45, 2.75) is 89.6 Å². The molecule has 3 aliphatic rings. The first-order chi connectivity index (χ1) is 22.1.